The van der Waals surface area contributed by atoms with Gasteiger partial charge in [0.05, 0.1) is 22.4 Å². The van der Waals surface area contributed by atoms with E-state index in [1.165, 1.54) is 0 Å². The zero-order chi connectivity index (χ0) is 12.7. The third kappa shape index (κ3) is 1.88. The summed E-state index contributed by atoms with van der Waals surface area (Å²) in [6.45, 7) is 3.03. The van der Waals surface area contributed by atoms with Crippen molar-refractivity contribution in [3.8, 4) is 0 Å². The van der Waals surface area contributed by atoms with Gasteiger partial charge in [-0.15, -0.1) is 0 Å². The number of rotatable bonds is 1. The van der Waals surface area contributed by atoms with E-state index in [1.54, 1.807) is 6.20 Å². The van der Waals surface area contributed by atoms with Gasteiger partial charge in [-0.2, -0.15) is 0 Å². The Morgan fingerprint density at radius 3 is 3.11 bits per heavy atom. The number of amides is 2. The molecule has 3 N–H and O–H groups in total. The van der Waals surface area contributed by atoms with Crippen molar-refractivity contribution in [2.75, 3.05) is 36.8 Å². The highest BCUT2D eigenvalue weighted by atomic mass is 79.9. The minimum absolute atomic E-state index is 0.0454. The van der Waals surface area contributed by atoms with Crippen LogP contribution in [0.2, 0.25) is 0 Å². The highest BCUT2D eigenvalue weighted by Crippen LogP contribution is 2.28. The SMILES string of the molecule is Nc1cnc(N2CCN3C(=O)NCC3C2)c(Br)c1. The van der Waals surface area contributed by atoms with Crippen LogP contribution in [0, 0.1) is 0 Å². The number of halogens is 1. The van der Waals surface area contributed by atoms with Gasteiger partial charge in [0.1, 0.15) is 5.82 Å². The van der Waals surface area contributed by atoms with Crippen LogP contribution < -0.4 is 16.0 Å². The molecule has 3 rings (SSSR count). The molecule has 1 atom stereocenters. The maximum atomic E-state index is 11.5. The first-order chi connectivity index (χ1) is 8.65. The van der Waals surface area contributed by atoms with Gasteiger partial charge in [0, 0.05) is 26.2 Å². The fraction of sp³-hybridized carbons (Fsp3) is 0.455. The van der Waals surface area contributed by atoms with Gasteiger partial charge in [-0.3, -0.25) is 0 Å². The summed E-state index contributed by atoms with van der Waals surface area (Å²) in [6, 6.07) is 2.13. The number of piperazine rings is 1. The molecule has 6 nitrogen and oxygen atoms in total. The highest BCUT2D eigenvalue weighted by molar-refractivity contribution is 9.10. The molecule has 0 bridgehead atoms. The van der Waals surface area contributed by atoms with E-state index in [0.29, 0.717) is 12.2 Å². The predicted octanol–water partition coefficient (Wildman–Crippen LogP) is 0.640. The smallest absolute Gasteiger partial charge is 0.317 e. The topological polar surface area (TPSA) is 74.5 Å². The summed E-state index contributed by atoms with van der Waals surface area (Å²) in [7, 11) is 0. The highest BCUT2D eigenvalue weighted by Gasteiger charge is 2.36. The number of pyridine rings is 1. The minimum Gasteiger partial charge on any atom is -0.397 e. The summed E-state index contributed by atoms with van der Waals surface area (Å²) in [5.74, 6) is 0.892. The van der Waals surface area contributed by atoms with Crippen LogP contribution in [-0.4, -0.2) is 48.1 Å². The summed E-state index contributed by atoms with van der Waals surface area (Å²) in [4.78, 5) is 20.0. The second kappa shape index (κ2) is 4.31. The lowest BCUT2D eigenvalue weighted by molar-refractivity contribution is 0.197. The summed E-state index contributed by atoms with van der Waals surface area (Å²) >= 11 is 3.49. The summed E-state index contributed by atoms with van der Waals surface area (Å²) in [5, 5.41) is 2.87. The molecule has 2 saturated heterocycles. The van der Waals surface area contributed by atoms with Gasteiger partial charge in [-0.1, -0.05) is 0 Å². The van der Waals surface area contributed by atoms with Crippen molar-refractivity contribution in [2.45, 2.75) is 6.04 Å². The van der Waals surface area contributed by atoms with Crippen molar-refractivity contribution in [2.24, 2.45) is 0 Å². The van der Waals surface area contributed by atoms with Crippen LogP contribution in [0.3, 0.4) is 0 Å². The Kier molecular flexibility index (Phi) is 2.77. The van der Waals surface area contributed by atoms with E-state index in [0.717, 1.165) is 29.9 Å². The third-order valence-electron chi connectivity index (χ3n) is 3.37. The van der Waals surface area contributed by atoms with Crippen molar-refractivity contribution < 1.29 is 4.79 Å². The third-order valence-corrected chi connectivity index (χ3v) is 3.96. The molecule has 0 aliphatic carbocycles. The van der Waals surface area contributed by atoms with Crippen LogP contribution in [0.1, 0.15) is 0 Å². The number of urea groups is 1. The molecular formula is C11H14BrN5O. The number of nitrogens with zero attached hydrogens (tertiary/aromatic N) is 3. The van der Waals surface area contributed by atoms with E-state index in [2.05, 4.69) is 31.1 Å². The van der Waals surface area contributed by atoms with Gasteiger partial charge in [0.15, 0.2) is 0 Å². The molecule has 96 valence electrons. The van der Waals surface area contributed by atoms with E-state index in [4.69, 9.17) is 5.73 Å². The lowest BCUT2D eigenvalue weighted by Gasteiger charge is -2.37. The number of fused-ring (bicyclic) bond motifs is 1. The molecular weight excluding hydrogens is 298 g/mol. The maximum Gasteiger partial charge on any atom is 0.317 e. The fourth-order valence-electron chi connectivity index (χ4n) is 2.47. The normalized spacial score (nSPS) is 22.9. The zero-order valence-electron chi connectivity index (χ0n) is 9.77. The molecule has 7 heteroatoms. The molecule has 0 spiro atoms. The fourth-order valence-corrected chi connectivity index (χ4v) is 3.09. The van der Waals surface area contributed by atoms with Gasteiger partial charge in [-0.05, 0) is 22.0 Å². The van der Waals surface area contributed by atoms with E-state index in [-0.39, 0.29) is 12.1 Å². The quantitative estimate of drug-likeness (QED) is 0.798. The second-order valence-corrected chi connectivity index (χ2v) is 5.41. The Labute approximate surface area is 113 Å². The van der Waals surface area contributed by atoms with Crippen molar-refractivity contribution in [3.05, 3.63) is 16.7 Å². The molecule has 0 aromatic carbocycles. The van der Waals surface area contributed by atoms with Gasteiger partial charge >= 0.3 is 6.03 Å². The van der Waals surface area contributed by atoms with Crippen molar-refractivity contribution in [1.82, 2.24) is 15.2 Å². The molecule has 1 aromatic heterocycles. The van der Waals surface area contributed by atoms with Crippen molar-refractivity contribution in [1.29, 1.82) is 0 Å². The Bertz CT molecular complexity index is 494. The number of aromatic nitrogens is 1. The van der Waals surface area contributed by atoms with Crippen molar-refractivity contribution >= 4 is 33.5 Å². The van der Waals surface area contributed by atoms with Crippen LogP contribution in [0.4, 0.5) is 16.3 Å². The molecule has 1 unspecified atom stereocenters. The number of carbonyl (C=O) groups is 1. The van der Waals surface area contributed by atoms with Gasteiger partial charge in [0.2, 0.25) is 0 Å². The minimum atomic E-state index is 0.0454. The van der Waals surface area contributed by atoms with Gasteiger partial charge in [0.25, 0.3) is 0 Å². The molecule has 3 heterocycles. The molecule has 2 fully saturated rings. The zero-order valence-corrected chi connectivity index (χ0v) is 11.4. The van der Waals surface area contributed by atoms with Gasteiger partial charge in [-0.25, -0.2) is 9.78 Å². The van der Waals surface area contributed by atoms with E-state index in [1.807, 2.05) is 11.0 Å². The lowest BCUT2D eigenvalue weighted by Crippen LogP contribution is -2.52. The number of nitrogens with one attached hydrogen (secondary N) is 1. The molecule has 2 aliphatic heterocycles. The summed E-state index contributed by atoms with van der Waals surface area (Å²) in [6.07, 6.45) is 1.66. The standard InChI is InChI=1S/C11H14BrN5O/c12-9-3-7(13)4-14-10(9)16-1-2-17-8(6-16)5-15-11(17)18/h3-4,8H,1-2,5-6,13H2,(H,15,18). The number of hydrogen-bond acceptors (Lipinski definition) is 4. The number of nitrogens with two attached hydrogens (primary N) is 1. The van der Waals surface area contributed by atoms with Crippen LogP contribution >= 0.6 is 15.9 Å². The van der Waals surface area contributed by atoms with E-state index in [9.17, 15) is 4.79 Å². The molecule has 0 radical (unpaired) electrons. The summed E-state index contributed by atoms with van der Waals surface area (Å²) in [5.41, 5.74) is 6.33. The summed E-state index contributed by atoms with van der Waals surface area (Å²) < 4.78 is 0.897. The number of nitrogen functional groups attached to an aromatic ring is 1. The average Bonchev–Trinajstić information content (AvgIpc) is 2.71. The van der Waals surface area contributed by atoms with Crippen molar-refractivity contribution in [3.63, 3.8) is 0 Å². The molecule has 2 amide bonds. The first-order valence-corrected chi connectivity index (χ1v) is 6.65. The monoisotopic (exact) mass is 311 g/mol. The Hall–Kier alpha value is -1.50. The first kappa shape index (κ1) is 11.6. The molecule has 0 saturated carbocycles. The molecule has 1 aromatic rings. The first-order valence-electron chi connectivity index (χ1n) is 5.85. The number of anilines is 2. The van der Waals surface area contributed by atoms with E-state index < -0.39 is 0 Å². The average molecular weight is 312 g/mol. The second-order valence-electron chi connectivity index (χ2n) is 4.55. The number of carbonyl (C=O) groups excluding carboxylic acids is 1. The van der Waals surface area contributed by atoms with Crippen LogP contribution in [0.25, 0.3) is 0 Å². The maximum absolute atomic E-state index is 11.5. The lowest BCUT2D eigenvalue weighted by atomic mass is 10.2. The molecule has 2 aliphatic rings. The van der Waals surface area contributed by atoms with E-state index >= 15 is 0 Å². The Balaban J connectivity index is 1.80. The van der Waals surface area contributed by atoms with Gasteiger partial charge < -0.3 is 20.9 Å². The molecule has 18 heavy (non-hydrogen) atoms. The van der Waals surface area contributed by atoms with Crippen LogP contribution in [0.5, 0.6) is 0 Å². The Morgan fingerprint density at radius 1 is 1.50 bits per heavy atom. The predicted molar refractivity (Wildman–Crippen MR) is 72.5 cm³/mol. The Morgan fingerprint density at radius 2 is 2.33 bits per heavy atom. The van der Waals surface area contributed by atoms with Crippen LogP contribution in [0.15, 0.2) is 16.7 Å². The largest absolute Gasteiger partial charge is 0.397 e. The number of hydrogen-bond donors (Lipinski definition) is 2. The van der Waals surface area contributed by atoms with Crippen LogP contribution in [-0.2, 0) is 0 Å².